The zero-order valence-electron chi connectivity index (χ0n) is 15.1. The lowest BCUT2D eigenvalue weighted by Crippen LogP contribution is -2.35. The molecular weight excluding hydrogens is 378 g/mol. The van der Waals surface area contributed by atoms with E-state index in [4.69, 9.17) is 4.74 Å². The Morgan fingerprint density at radius 3 is 2.66 bits per heavy atom. The first-order valence-electron chi connectivity index (χ1n) is 8.51. The molecule has 1 unspecified atom stereocenters. The third-order valence-corrected chi connectivity index (χ3v) is 4.38. The number of aromatic nitrogens is 2. The Hall–Kier alpha value is -4.21. The van der Waals surface area contributed by atoms with Crippen LogP contribution in [-0.4, -0.2) is 32.7 Å². The maximum Gasteiger partial charge on any atom is 0.329 e. The molecule has 10 nitrogen and oxygen atoms in total. The molecule has 0 N–H and O–H groups in total. The molecule has 3 aromatic rings. The Bertz CT molecular complexity index is 1180. The first kappa shape index (κ1) is 18.2. The average Bonchev–Trinajstić information content (AvgIpc) is 3.02. The van der Waals surface area contributed by atoms with E-state index in [9.17, 15) is 19.7 Å². The minimum Gasteiger partial charge on any atom is -0.426 e. The molecule has 0 saturated carbocycles. The Kier molecular flexibility index (Phi) is 4.43. The molecule has 0 aliphatic carbocycles. The third-order valence-electron chi connectivity index (χ3n) is 4.38. The van der Waals surface area contributed by atoms with E-state index in [-0.39, 0.29) is 17.1 Å². The molecular formula is C19H13N5O5. The molecule has 1 aliphatic rings. The molecule has 1 aromatic heterocycles. The maximum absolute atomic E-state index is 12.8. The number of nitro groups is 1. The van der Waals surface area contributed by atoms with Crippen molar-refractivity contribution >= 4 is 39.9 Å². The van der Waals surface area contributed by atoms with Gasteiger partial charge in [0, 0.05) is 17.5 Å². The summed E-state index contributed by atoms with van der Waals surface area (Å²) in [5, 5.41) is 24.7. The summed E-state index contributed by atoms with van der Waals surface area (Å²) >= 11 is 0. The number of amides is 1. The number of carbonyl (C=O) groups excluding carboxylic acids is 2. The SMILES string of the molecule is CC1=NN(c2ccc3ccnnc3c2)C(=O)C1C(=O)Oc1ccc([N+](=O)[O-])cc1. The molecule has 0 spiro atoms. The minimum atomic E-state index is -1.21. The number of hydrogen-bond donors (Lipinski definition) is 0. The molecule has 10 heteroatoms. The van der Waals surface area contributed by atoms with Gasteiger partial charge in [-0.2, -0.15) is 20.3 Å². The van der Waals surface area contributed by atoms with Crippen LogP contribution < -0.4 is 9.75 Å². The third kappa shape index (κ3) is 3.38. The Balaban J connectivity index is 1.54. The van der Waals surface area contributed by atoms with Gasteiger partial charge in [0.1, 0.15) is 5.75 Å². The van der Waals surface area contributed by atoms with Gasteiger partial charge in [0.15, 0.2) is 5.92 Å². The lowest BCUT2D eigenvalue weighted by molar-refractivity contribution is -0.384. The van der Waals surface area contributed by atoms with E-state index in [0.29, 0.717) is 11.2 Å². The van der Waals surface area contributed by atoms with Crippen molar-refractivity contribution in [1.82, 2.24) is 10.2 Å². The molecule has 2 aromatic carbocycles. The Labute approximate surface area is 163 Å². The molecule has 1 atom stereocenters. The zero-order chi connectivity index (χ0) is 20.5. The molecule has 0 fully saturated rings. The number of hydrazone groups is 1. The first-order valence-corrected chi connectivity index (χ1v) is 8.51. The molecule has 0 saturated heterocycles. The van der Waals surface area contributed by atoms with E-state index in [0.717, 1.165) is 10.4 Å². The van der Waals surface area contributed by atoms with E-state index in [2.05, 4.69) is 15.3 Å². The predicted molar refractivity (Wildman–Crippen MR) is 102 cm³/mol. The van der Waals surface area contributed by atoms with Crippen molar-refractivity contribution in [2.24, 2.45) is 11.0 Å². The summed E-state index contributed by atoms with van der Waals surface area (Å²) in [6, 6.07) is 11.9. The zero-order valence-corrected chi connectivity index (χ0v) is 15.1. The van der Waals surface area contributed by atoms with Gasteiger partial charge in [-0.25, -0.2) is 0 Å². The molecule has 4 rings (SSSR count). The number of rotatable bonds is 4. The van der Waals surface area contributed by atoms with Crippen LogP contribution in [-0.2, 0) is 9.59 Å². The fraction of sp³-hybridized carbons (Fsp3) is 0.105. The Morgan fingerprint density at radius 1 is 1.17 bits per heavy atom. The summed E-state index contributed by atoms with van der Waals surface area (Å²) in [5.74, 6) is -2.48. The topological polar surface area (TPSA) is 128 Å². The summed E-state index contributed by atoms with van der Waals surface area (Å²) in [7, 11) is 0. The molecule has 0 bridgehead atoms. The molecule has 29 heavy (non-hydrogen) atoms. The monoisotopic (exact) mass is 391 g/mol. The number of fused-ring (bicyclic) bond motifs is 1. The van der Waals surface area contributed by atoms with Crippen LogP contribution in [0.3, 0.4) is 0 Å². The second-order valence-electron chi connectivity index (χ2n) is 6.27. The van der Waals surface area contributed by atoms with Gasteiger partial charge < -0.3 is 4.74 Å². The highest BCUT2D eigenvalue weighted by molar-refractivity contribution is 6.25. The predicted octanol–water partition coefficient (Wildman–Crippen LogP) is 2.48. The van der Waals surface area contributed by atoms with Gasteiger partial charge in [-0.1, -0.05) is 6.07 Å². The summed E-state index contributed by atoms with van der Waals surface area (Å²) in [6.07, 6.45) is 1.57. The molecule has 0 radical (unpaired) electrons. The number of carbonyl (C=O) groups is 2. The normalized spacial score (nSPS) is 16.0. The van der Waals surface area contributed by atoms with Gasteiger partial charge in [0.05, 0.1) is 28.0 Å². The number of ether oxygens (including phenoxy) is 1. The highest BCUT2D eigenvalue weighted by atomic mass is 16.6. The van der Waals surface area contributed by atoms with Gasteiger partial charge in [0.2, 0.25) is 0 Å². The van der Waals surface area contributed by atoms with Crippen LogP contribution in [0.4, 0.5) is 11.4 Å². The van der Waals surface area contributed by atoms with Crippen LogP contribution in [0.2, 0.25) is 0 Å². The molecule has 2 heterocycles. The van der Waals surface area contributed by atoms with Gasteiger partial charge >= 0.3 is 5.97 Å². The van der Waals surface area contributed by atoms with Gasteiger partial charge in [-0.3, -0.25) is 19.7 Å². The van der Waals surface area contributed by atoms with Crippen LogP contribution >= 0.6 is 0 Å². The van der Waals surface area contributed by atoms with Crippen molar-refractivity contribution in [3.05, 3.63) is 64.8 Å². The van der Waals surface area contributed by atoms with E-state index in [1.807, 2.05) is 0 Å². The minimum absolute atomic E-state index is 0.0978. The van der Waals surface area contributed by atoms with E-state index < -0.39 is 22.7 Å². The van der Waals surface area contributed by atoms with Crippen LogP contribution in [0.1, 0.15) is 6.92 Å². The second kappa shape index (κ2) is 7.08. The fourth-order valence-corrected chi connectivity index (χ4v) is 2.93. The van der Waals surface area contributed by atoms with E-state index in [1.54, 1.807) is 37.4 Å². The van der Waals surface area contributed by atoms with Gasteiger partial charge in [-0.05, 0) is 37.3 Å². The molecule has 1 aliphatic heterocycles. The van der Waals surface area contributed by atoms with Crippen molar-refractivity contribution < 1.29 is 19.2 Å². The highest BCUT2D eigenvalue weighted by Gasteiger charge is 2.41. The Morgan fingerprint density at radius 2 is 1.93 bits per heavy atom. The molecule has 144 valence electrons. The van der Waals surface area contributed by atoms with Gasteiger partial charge in [0.25, 0.3) is 11.6 Å². The number of anilines is 1. The van der Waals surface area contributed by atoms with Crippen molar-refractivity contribution in [2.75, 3.05) is 5.01 Å². The highest BCUT2D eigenvalue weighted by Crippen LogP contribution is 2.28. The number of hydrogen-bond acceptors (Lipinski definition) is 8. The lowest BCUT2D eigenvalue weighted by Gasteiger charge is -2.14. The quantitative estimate of drug-likeness (QED) is 0.220. The van der Waals surface area contributed by atoms with E-state index in [1.165, 1.54) is 24.3 Å². The standard InChI is InChI=1S/C19H13N5O5/c1-11-17(19(26)29-15-6-4-13(5-7-15)24(27)28)18(25)23(22-11)14-3-2-12-8-9-20-21-16(12)10-14/h2-10,17H,1H3. The average molecular weight is 391 g/mol. The number of esters is 1. The summed E-state index contributed by atoms with van der Waals surface area (Å²) in [5.41, 5.74) is 1.18. The maximum atomic E-state index is 12.8. The number of benzene rings is 2. The fourth-order valence-electron chi connectivity index (χ4n) is 2.93. The number of nitrogens with zero attached hydrogens (tertiary/aromatic N) is 5. The second-order valence-corrected chi connectivity index (χ2v) is 6.27. The van der Waals surface area contributed by atoms with Crippen LogP contribution in [0.15, 0.2) is 59.8 Å². The first-order chi connectivity index (χ1) is 13.9. The largest absolute Gasteiger partial charge is 0.426 e. The smallest absolute Gasteiger partial charge is 0.329 e. The van der Waals surface area contributed by atoms with Crippen molar-refractivity contribution in [3.63, 3.8) is 0 Å². The number of non-ortho nitro benzene ring substituents is 1. The summed E-state index contributed by atoms with van der Waals surface area (Å²) < 4.78 is 5.22. The van der Waals surface area contributed by atoms with Crippen LogP contribution in [0.25, 0.3) is 10.9 Å². The van der Waals surface area contributed by atoms with E-state index >= 15 is 0 Å². The van der Waals surface area contributed by atoms with Crippen molar-refractivity contribution in [1.29, 1.82) is 0 Å². The van der Waals surface area contributed by atoms with Crippen molar-refractivity contribution in [3.8, 4) is 5.75 Å². The van der Waals surface area contributed by atoms with Crippen LogP contribution in [0.5, 0.6) is 5.75 Å². The van der Waals surface area contributed by atoms with Crippen LogP contribution in [0, 0.1) is 16.0 Å². The number of nitro benzene ring substituents is 1. The summed E-state index contributed by atoms with van der Waals surface area (Å²) in [6.45, 7) is 1.56. The summed E-state index contributed by atoms with van der Waals surface area (Å²) in [4.78, 5) is 35.5. The van der Waals surface area contributed by atoms with Gasteiger partial charge in [-0.15, -0.1) is 0 Å². The lowest BCUT2D eigenvalue weighted by atomic mass is 10.1. The van der Waals surface area contributed by atoms with Crippen molar-refractivity contribution in [2.45, 2.75) is 6.92 Å². The molecule has 1 amide bonds.